The molecule has 2 aromatic rings. The van der Waals surface area contributed by atoms with Crippen LogP contribution in [0.3, 0.4) is 0 Å². The molecule has 2 aromatic heterocycles. The van der Waals surface area contributed by atoms with Gasteiger partial charge in [-0.3, -0.25) is 0 Å². The van der Waals surface area contributed by atoms with Crippen molar-refractivity contribution in [1.82, 2.24) is 20.3 Å². The van der Waals surface area contributed by atoms with Gasteiger partial charge in [0, 0.05) is 42.6 Å². The lowest BCUT2D eigenvalue weighted by molar-refractivity contribution is 0.618. The van der Waals surface area contributed by atoms with Gasteiger partial charge in [-0.05, 0) is 6.92 Å². The zero-order chi connectivity index (χ0) is 12.5. The summed E-state index contributed by atoms with van der Waals surface area (Å²) in [5.41, 5.74) is 3.44. The van der Waals surface area contributed by atoms with Gasteiger partial charge in [0.15, 0.2) is 0 Å². The molecule has 0 fully saturated rings. The predicted molar refractivity (Wildman–Crippen MR) is 74.5 cm³/mol. The lowest BCUT2D eigenvalue weighted by atomic mass is 10.1. The molecular weight excluding hydrogens is 264 g/mol. The minimum Gasteiger partial charge on any atom is -0.346 e. The number of hydrogen-bond acceptors (Lipinski definition) is 5. The van der Waals surface area contributed by atoms with Gasteiger partial charge in [-0.1, -0.05) is 12.2 Å². The molecule has 0 saturated carbocycles. The fraction of sp³-hybridized carbons (Fsp3) is 0.417. The van der Waals surface area contributed by atoms with Gasteiger partial charge >= 0.3 is 0 Å². The highest BCUT2D eigenvalue weighted by Gasteiger charge is 2.13. The van der Waals surface area contributed by atoms with Crippen LogP contribution in [0, 0.1) is 11.6 Å². The second-order valence-electron chi connectivity index (χ2n) is 4.41. The summed E-state index contributed by atoms with van der Waals surface area (Å²) in [5.74, 6) is 0.922. The molecule has 0 aliphatic carbocycles. The molecule has 2 N–H and O–H groups in total. The average molecular weight is 278 g/mol. The van der Waals surface area contributed by atoms with Gasteiger partial charge in [0.25, 0.3) is 0 Å². The molecule has 3 heterocycles. The van der Waals surface area contributed by atoms with Gasteiger partial charge in [0.05, 0.1) is 10.7 Å². The summed E-state index contributed by atoms with van der Waals surface area (Å²) in [6, 6.07) is 0. The smallest absolute Gasteiger partial charge is 0.134 e. The largest absolute Gasteiger partial charge is 0.346 e. The first-order chi connectivity index (χ1) is 8.72. The molecule has 0 unspecified atom stereocenters. The first-order valence-corrected chi connectivity index (χ1v) is 7.24. The fourth-order valence-electron chi connectivity index (χ4n) is 2.16. The van der Waals surface area contributed by atoms with Crippen LogP contribution in [0.15, 0.2) is 5.38 Å². The van der Waals surface area contributed by atoms with Crippen molar-refractivity contribution in [3.05, 3.63) is 37.8 Å². The molecule has 1 aliphatic heterocycles. The highest BCUT2D eigenvalue weighted by atomic mass is 32.1. The van der Waals surface area contributed by atoms with Crippen molar-refractivity contribution in [2.24, 2.45) is 0 Å². The molecule has 6 heteroatoms. The van der Waals surface area contributed by atoms with E-state index in [9.17, 15) is 0 Å². The van der Waals surface area contributed by atoms with E-state index in [4.69, 9.17) is 12.2 Å². The number of fused-ring (bicyclic) bond motifs is 1. The monoisotopic (exact) mass is 278 g/mol. The topological polar surface area (TPSA) is 53.6 Å². The fourth-order valence-corrected chi connectivity index (χ4v) is 3.08. The second kappa shape index (κ2) is 4.87. The van der Waals surface area contributed by atoms with Gasteiger partial charge in [-0.15, -0.1) is 11.3 Å². The number of rotatable bonds is 2. The van der Waals surface area contributed by atoms with Crippen LogP contribution in [-0.2, 0) is 19.4 Å². The van der Waals surface area contributed by atoms with Crippen LogP contribution >= 0.6 is 23.6 Å². The van der Waals surface area contributed by atoms with E-state index in [2.05, 4.69) is 25.6 Å². The van der Waals surface area contributed by atoms with Crippen LogP contribution < -0.4 is 5.32 Å². The quantitative estimate of drug-likeness (QED) is 0.826. The third-order valence-electron chi connectivity index (χ3n) is 3.02. The molecule has 4 nitrogen and oxygen atoms in total. The maximum Gasteiger partial charge on any atom is 0.134 e. The Hall–Kier alpha value is -1.11. The first kappa shape index (κ1) is 12.0. The van der Waals surface area contributed by atoms with Gasteiger partial charge in [-0.25, -0.2) is 9.97 Å². The Balaban J connectivity index is 1.93. The van der Waals surface area contributed by atoms with Crippen LogP contribution in [0.2, 0.25) is 0 Å². The van der Waals surface area contributed by atoms with E-state index >= 15 is 0 Å². The van der Waals surface area contributed by atoms with Crippen molar-refractivity contribution in [1.29, 1.82) is 0 Å². The van der Waals surface area contributed by atoms with Crippen LogP contribution in [0.4, 0.5) is 0 Å². The third-order valence-corrected chi connectivity index (χ3v) is 4.18. The number of hydrogen-bond donors (Lipinski definition) is 2. The van der Waals surface area contributed by atoms with Crippen LogP contribution in [0.1, 0.15) is 27.8 Å². The normalized spacial score (nSPS) is 14.5. The third kappa shape index (κ3) is 2.36. The molecule has 1 aliphatic rings. The number of aromatic nitrogens is 3. The van der Waals surface area contributed by atoms with E-state index in [1.807, 2.05) is 6.92 Å². The van der Waals surface area contributed by atoms with Crippen molar-refractivity contribution >= 4 is 23.6 Å². The number of aromatic amines is 1. The van der Waals surface area contributed by atoms with Crippen molar-refractivity contribution < 1.29 is 0 Å². The number of aryl methyl sites for hydroxylation is 1. The Morgan fingerprint density at radius 2 is 2.33 bits per heavy atom. The van der Waals surface area contributed by atoms with E-state index < -0.39 is 0 Å². The molecule has 0 radical (unpaired) electrons. The van der Waals surface area contributed by atoms with Gasteiger partial charge < -0.3 is 10.3 Å². The van der Waals surface area contributed by atoms with E-state index in [1.54, 1.807) is 11.3 Å². The first-order valence-electron chi connectivity index (χ1n) is 5.95. The Bertz CT molecular complexity index is 629. The Morgan fingerprint density at radius 3 is 3.11 bits per heavy atom. The molecule has 18 heavy (non-hydrogen) atoms. The summed E-state index contributed by atoms with van der Waals surface area (Å²) in [7, 11) is 0. The number of nitrogens with zero attached hydrogens (tertiary/aromatic N) is 2. The molecule has 0 aromatic carbocycles. The van der Waals surface area contributed by atoms with Gasteiger partial charge in [0.2, 0.25) is 0 Å². The predicted octanol–water partition coefficient (Wildman–Crippen LogP) is 2.14. The van der Waals surface area contributed by atoms with E-state index in [1.165, 1.54) is 5.69 Å². The standard InChI is InChI=1S/C12H14N4S2/c1-7-14-8(6-18-7)4-11-15-10-2-3-13-5-9(10)12(17)16-11/h6,13H,2-5H2,1H3,(H,15,16,17). The zero-order valence-electron chi connectivity index (χ0n) is 10.1. The van der Waals surface area contributed by atoms with Crippen LogP contribution in [0.5, 0.6) is 0 Å². The summed E-state index contributed by atoms with van der Waals surface area (Å²) in [4.78, 5) is 12.3. The van der Waals surface area contributed by atoms with Gasteiger partial charge in [0.1, 0.15) is 10.5 Å². The minimum atomic E-state index is 0.720. The van der Waals surface area contributed by atoms with E-state index in [0.29, 0.717) is 0 Å². The molecule has 0 bridgehead atoms. The molecule has 3 rings (SSSR count). The molecule has 0 atom stereocenters. The number of thiazole rings is 1. The Labute approximate surface area is 115 Å². The van der Waals surface area contributed by atoms with Gasteiger partial charge in [-0.2, -0.15) is 0 Å². The highest BCUT2D eigenvalue weighted by Crippen LogP contribution is 2.15. The van der Waals surface area contributed by atoms with Crippen molar-refractivity contribution in [2.75, 3.05) is 6.54 Å². The molecular formula is C12H14N4S2. The number of nitrogens with one attached hydrogen (secondary N) is 2. The highest BCUT2D eigenvalue weighted by molar-refractivity contribution is 7.71. The zero-order valence-corrected chi connectivity index (χ0v) is 11.7. The Morgan fingerprint density at radius 1 is 1.44 bits per heavy atom. The second-order valence-corrected chi connectivity index (χ2v) is 5.86. The Kier molecular flexibility index (Phi) is 3.23. The molecule has 0 saturated heterocycles. The van der Waals surface area contributed by atoms with Crippen LogP contribution in [0.25, 0.3) is 0 Å². The maximum atomic E-state index is 5.36. The summed E-state index contributed by atoms with van der Waals surface area (Å²) in [6.45, 7) is 3.84. The van der Waals surface area contributed by atoms with Crippen molar-refractivity contribution in [2.45, 2.75) is 26.3 Å². The maximum absolute atomic E-state index is 5.36. The van der Waals surface area contributed by atoms with Crippen LogP contribution in [-0.4, -0.2) is 21.5 Å². The van der Waals surface area contributed by atoms with E-state index in [0.717, 1.165) is 52.7 Å². The summed E-state index contributed by atoms with van der Waals surface area (Å²) in [6.07, 6.45) is 1.72. The average Bonchev–Trinajstić information content (AvgIpc) is 2.75. The lowest BCUT2D eigenvalue weighted by Gasteiger charge is -2.17. The van der Waals surface area contributed by atoms with Crippen molar-refractivity contribution in [3.63, 3.8) is 0 Å². The minimum absolute atomic E-state index is 0.720. The SMILES string of the molecule is Cc1nc(Cc2nc(=S)c3c([nH]2)CCNC3)cs1. The molecule has 94 valence electrons. The summed E-state index contributed by atoms with van der Waals surface area (Å²) in [5, 5.41) is 6.48. The summed E-state index contributed by atoms with van der Waals surface area (Å²) < 4.78 is 0.720. The van der Waals surface area contributed by atoms with Crippen molar-refractivity contribution in [3.8, 4) is 0 Å². The number of H-pyrrole nitrogens is 1. The van der Waals surface area contributed by atoms with E-state index in [-0.39, 0.29) is 0 Å². The lowest BCUT2D eigenvalue weighted by Crippen LogP contribution is -2.26. The molecule has 0 spiro atoms. The molecule has 0 amide bonds. The summed E-state index contributed by atoms with van der Waals surface area (Å²) >= 11 is 7.03.